The van der Waals surface area contributed by atoms with E-state index in [1.807, 2.05) is 6.92 Å². The molecular formula is C23H19F3N6O. The molecule has 1 aliphatic rings. The van der Waals surface area contributed by atoms with Crippen LogP contribution in [0.25, 0.3) is 22.3 Å². The molecular weight excluding hydrogens is 433 g/mol. The molecule has 3 aromatic heterocycles. The van der Waals surface area contributed by atoms with E-state index in [4.69, 9.17) is 0 Å². The fraction of sp³-hybridized carbons (Fsp3) is 0.217. The topological polar surface area (TPSA) is 95.6 Å². The molecule has 10 heteroatoms. The number of nitrogens with one attached hydrogen (secondary N) is 3. The van der Waals surface area contributed by atoms with Crippen molar-refractivity contribution in [1.29, 1.82) is 0 Å². The number of carbonyl (C=O) groups is 1. The van der Waals surface area contributed by atoms with Crippen molar-refractivity contribution < 1.29 is 18.0 Å². The monoisotopic (exact) mass is 452 g/mol. The molecule has 4 aromatic rings. The number of H-pyrrole nitrogens is 1. The van der Waals surface area contributed by atoms with E-state index in [-0.39, 0.29) is 17.2 Å². The van der Waals surface area contributed by atoms with Crippen LogP contribution in [0, 0.1) is 5.82 Å². The first kappa shape index (κ1) is 20.9. The van der Waals surface area contributed by atoms with Crippen LogP contribution in [0.3, 0.4) is 0 Å². The third kappa shape index (κ3) is 3.57. The SMILES string of the molecule is CCc1c(F)cccc1Nc1c(-c2ccnc3cnc(C(F)F)nc23)[nH]c2c1C(=O)NCC2. The van der Waals surface area contributed by atoms with Crippen molar-refractivity contribution in [1.82, 2.24) is 25.3 Å². The number of hydrogen-bond acceptors (Lipinski definition) is 5. The number of fused-ring (bicyclic) bond motifs is 2. The Morgan fingerprint density at radius 2 is 2.06 bits per heavy atom. The Morgan fingerprint density at radius 1 is 1.21 bits per heavy atom. The first-order valence-electron chi connectivity index (χ1n) is 10.5. The molecule has 0 bridgehead atoms. The summed E-state index contributed by atoms with van der Waals surface area (Å²) in [5, 5.41) is 6.05. The van der Waals surface area contributed by atoms with Gasteiger partial charge in [0, 0.05) is 41.7 Å². The average molecular weight is 452 g/mol. The number of pyridine rings is 1. The van der Waals surface area contributed by atoms with E-state index in [2.05, 4.69) is 30.6 Å². The van der Waals surface area contributed by atoms with Crippen molar-refractivity contribution in [2.45, 2.75) is 26.2 Å². The van der Waals surface area contributed by atoms with E-state index in [1.165, 1.54) is 18.5 Å². The van der Waals surface area contributed by atoms with Gasteiger partial charge in [0.2, 0.25) is 0 Å². The minimum absolute atomic E-state index is 0.222. The van der Waals surface area contributed by atoms with Crippen LogP contribution >= 0.6 is 0 Å². The molecule has 0 saturated heterocycles. The number of alkyl halides is 2. The van der Waals surface area contributed by atoms with Gasteiger partial charge < -0.3 is 15.6 Å². The lowest BCUT2D eigenvalue weighted by Gasteiger charge is -2.17. The van der Waals surface area contributed by atoms with Crippen LogP contribution in [-0.4, -0.2) is 32.4 Å². The summed E-state index contributed by atoms with van der Waals surface area (Å²) in [4.78, 5) is 28.0. The number of amides is 1. The van der Waals surface area contributed by atoms with E-state index in [0.29, 0.717) is 64.4 Å². The second kappa shape index (κ2) is 8.19. The van der Waals surface area contributed by atoms with Gasteiger partial charge in [0.1, 0.15) is 16.9 Å². The van der Waals surface area contributed by atoms with Crippen molar-refractivity contribution in [2.75, 3.05) is 11.9 Å². The molecule has 1 amide bonds. The molecule has 0 unspecified atom stereocenters. The van der Waals surface area contributed by atoms with Crippen LogP contribution in [0.2, 0.25) is 0 Å². The van der Waals surface area contributed by atoms with Crippen LogP contribution in [-0.2, 0) is 12.8 Å². The molecule has 168 valence electrons. The molecule has 0 saturated carbocycles. The largest absolute Gasteiger partial charge is 0.356 e. The van der Waals surface area contributed by atoms with Gasteiger partial charge in [0.15, 0.2) is 5.82 Å². The predicted molar refractivity (Wildman–Crippen MR) is 117 cm³/mol. The van der Waals surface area contributed by atoms with Gasteiger partial charge in [0.25, 0.3) is 12.3 Å². The van der Waals surface area contributed by atoms with E-state index < -0.39 is 12.2 Å². The maximum atomic E-state index is 14.4. The van der Waals surface area contributed by atoms with Gasteiger partial charge in [-0.25, -0.2) is 23.1 Å². The number of rotatable bonds is 5. The summed E-state index contributed by atoms with van der Waals surface area (Å²) < 4.78 is 41.0. The zero-order valence-electron chi connectivity index (χ0n) is 17.5. The fourth-order valence-corrected chi connectivity index (χ4v) is 4.14. The summed E-state index contributed by atoms with van der Waals surface area (Å²) >= 11 is 0. The van der Waals surface area contributed by atoms with Gasteiger partial charge >= 0.3 is 0 Å². The summed E-state index contributed by atoms with van der Waals surface area (Å²) in [6.07, 6.45) is 0.915. The van der Waals surface area contributed by atoms with Crippen molar-refractivity contribution in [3.63, 3.8) is 0 Å². The lowest BCUT2D eigenvalue weighted by Crippen LogP contribution is -2.31. The third-order valence-corrected chi connectivity index (χ3v) is 5.66. The molecule has 7 nitrogen and oxygen atoms in total. The minimum atomic E-state index is -2.85. The highest BCUT2D eigenvalue weighted by molar-refractivity contribution is 6.08. The molecule has 0 spiro atoms. The Hall–Kier alpha value is -3.95. The third-order valence-electron chi connectivity index (χ3n) is 5.66. The first-order chi connectivity index (χ1) is 16.0. The molecule has 0 radical (unpaired) electrons. The van der Waals surface area contributed by atoms with Crippen molar-refractivity contribution in [3.8, 4) is 11.3 Å². The number of benzene rings is 1. The molecule has 3 N–H and O–H groups in total. The molecule has 1 aromatic carbocycles. The number of halogens is 3. The lowest BCUT2D eigenvalue weighted by atomic mass is 10.0. The Balaban J connectivity index is 1.75. The zero-order chi connectivity index (χ0) is 23.1. The van der Waals surface area contributed by atoms with Gasteiger partial charge in [-0.1, -0.05) is 13.0 Å². The average Bonchev–Trinajstić information content (AvgIpc) is 3.17. The summed E-state index contributed by atoms with van der Waals surface area (Å²) in [5.41, 5.74) is 4.01. The molecule has 1 aliphatic heterocycles. The number of aromatic nitrogens is 4. The van der Waals surface area contributed by atoms with Crippen molar-refractivity contribution in [3.05, 3.63) is 65.1 Å². The Morgan fingerprint density at radius 3 is 2.85 bits per heavy atom. The number of aromatic amines is 1. The lowest BCUT2D eigenvalue weighted by molar-refractivity contribution is 0.0946. The molecule has 4 heterocycles. The second-order valence-electron chi connectivity index (χ2n) is 7.60. The van der Waals surface area contributed by atoms with Gasteiger partial charge in [-0.05, 0) is 24.6 Å². The first-order valence-corrected chi connectivity index (χ1v) is 10.5. The summed E-state index contributed by atoms with van der Waals surface area (Å²) in [6, 6.07) is 6.33. The smallest absolute Gasteiger partial charge is 0.297 e. The van der Waals surface area contributed by atoms with Gasteiger partial charge in [0.05, 0.1) is 23.1 Å². The van der Waals surface area contributed by atoms with Gasteiger partial charge in [-0.15, -0.1) is 0 Å². The Bertz CT molecular complexity index is 1380. The highest BCUT2D eigenvalue weighted by Gasteiger charge is 2.28. The summed E-state index contributed by atoms with van der Waals surface area (Å²) in [6.45, 7) is 2.29. The molecule has 0 atom stereocenters. The van der Waals surface area contributed by atoms with Crippen LogP contribution in [0.5, 0.6) is 0 Å². The maximum absolute atomic E-state index is 14.4. The molecule has 5 rings (SSSR count). The van der Waals surface area contributed by atoms with Gasteiger partial charge in [-0.2, -0.15) is 0 Å². The van der Waals surface area contributed by atoms with Crippen LogP contribution in [0.4, 0.5) is 24.5 Å². The summed E-state index contributed by atoms with van der Waals surface area (Å²) in [5.74, 6) is -1.25. The van der Waals surface area contributed by atoms with Gasteiger partial charge in [-0.3, -0.25) is 9.78 Å². The Labute approximate surface area is 186 Å². The molecule has 33 heavy (non-hydrogen) atoms. The van der Waals surface area contributed by atoms with Crippen LogP contribution < -0.4 is 10.6 Å². The number of carbonyl (C=O) groups excluding carboxylic acids is 1. The molecule has 0 aliphatic carbocycles. The van der Waals surface area contributed by atoms with Crippen LogP contribution in [0.1, 0.15) is 40.8 Å². The highest BCUT2D eigenvalue weighted by atomic mass is 19.3. The van der Waals surface area contributed by atoms with Crippen molar-refractivity contribution >= 4 is 28.3 Å². The van der Waals surface area contributed by atoms with E-state index >= 15 is 0 Å². The highest BCUT2D eigenvalue weighted by Crippen LogP contribution is 2.39. The van der Waals surface area contributed by atoms with E-state index in [1.54, 1.807) is 18.2 Å². The second-order valence-corrected chi connectivity index (χ2v) is 7.60. The van der Waals surface area contributed by atoms with Crippen LogP contribution in [0.15, 0.2) is 36.7 Å². The number of anilines is 2. The number of hydrogen-bond donors (Lipinski definition) is 3. The standard InChI is InChI=1S/C23H19F3N6O/c1-2-11-13(24)4-3-5-14(11)30-20-17-15(7-9-28-23(17)33)31-19(20)12-6-8-27-16-10-29-22(21(25)26)32-18(12)16/h3-6,8,10,21,30-31H,2,7,9H2,1H3,(H,28,33). The quantitative estimate of drug-likeness (QED) is 0.408. The Kier molecular flexibility index (Phi) is 5.20. The van der Waals surface area contributed by atoms with E-state index in [0.717, 1.165) is 0 Å². The maximum Gasteiger partial charge on any atom is 0.297 e. The van der Waals surface area contributed by atoms with Crippen molar-refractivity contribution in [2.24, 2.45) is 0 Å². The fourth-order valence-electron chi connectivity index (χ4n) is 4.14. The predicted octanol–water partition coefficient (Wildman–Crippen LogP) is 4.69. The molecule has 0 fully saturated rings. The summed E-state index contributed by atoms with van der Waals surface area (Å²) in [7, 11) is 0. The zero-order valence-corrected chi connectivity index (χ0v) is 17.5. The minimum Gasteiger partial charge on any atom is -0.356 e. The normalized spacial score (nSPS) is 13.3. The number of nitrogens with zero attached hydrogens (tertiary/aromatic N) is 3. The van der Waals surface area contributed by atoms with E-state index in [9.17, 15) is 18.0 Å².